The molecule has 0 spiro atoms. The summed E-state index contributed by atoms with van der Waals surface area (Å²) in [4.78, 5) is 0. The predicted octanol–water partition coefficient (Wildman–Crippen LogP) is -1.23. The van der Waals surface area contributed by atoms with Gasteiger partial charge in [0.1, 0.15) is 0 Å². The summed E-state index contributed by atoms with van der Waals surface area (Å²) in [5.41, 5.74) is 0. The van der Waals surface area contributed by atoms with Gasteiger partial charge in [0.2, 0.25) is 0 Å². The van der Waals surface area contributed by atoms with Crippen LogP contribution in [0.4, 0.5) is 0 Å². The van der Waals surface area contributed by atoms with Crippen molar-refractivity contribution in [3.63, 3.8) is 0 Å². The largest absolute Gasteiger partial charge is 0.480 e. The predicted molar refractivity (Wildman–Crippen MR) is 35.7 cm³/mol. The highest BCUT2D eigenvalue weighted by atomic mass is 16.4. The Bertz CT molecular complexity index is 112. The van der Waals surface area contributed by atoms with Crippen LogP contribution < -0.4 is 5.32 Å². The van der Waals surface area contributed by atoms with Crippen LogP contribution >= 0.6 is 0 Å². The average Bonchev–Trinajstić information content (AvgIpc) is 1.60. The van der Waals surface area contributed by atoms with Crippen molar-refractivity contribution in [1.82, 2.24) is 5.32 Å². The molecular formula is C5H10BNO2. The molecule has 0 aromatic carbocycles. The van der Waals surface area contributed by atoms with Crippen molar-refractivity contribution in [3.8, 4) is 0 Å². The lowest BCUT2D eigenvalue weighted by molar-refractivity contribution is 0.410. The molecular weight excluding hydrogens is 117 g/mol. The molecule has 0 unspecified atom stereocenters. The van der Waals surface area contributed by atoms with Crippen LogP contribution in [-0.4, -0.2) is 30.3 Å². The van der Waals surface area contributed by atoms with Gasteiger partial charge >= 0.3 is 7.12 Å². The Morgan fingerprint density at radius 2 is 2.11 bits per heavy atom. The molecule has 1 heterocycles. The highest BCUT2D eigenvalue weighted by molar-refractivity contribution is 6.47. The summed E-state index contributed by atoms with van der Waals surface area (Å²) in [6.45, 7) is 1.92. The highest BCUT2D eigenvalue weighted by Gasteiger charge is 2.13. The summed E-state index contributed by atoms with van der Waals surface area (Å²) in [6, 6.07) is 0. The molecule has 3 N–H and O–H groups in total. The van der Waals surface area contributed by atoms with E-state index in [0.717, 1.165) is 13.1 Å². The molecule has 1 fully saturated rings. The molecule has 0 aromatic heterocycles. The third-order valence-corrected chi connectivity index (χ3v) is 1.37. The summed E-state index contributed by atoms with van der Waals surface area (Å²) < 4.78 is 0. The molecule has 0 saturated carbocycles. The lowest BCUT2D eigenvalue weighted by Gasteiger charge is -2.23. The van der Waals surface area contributed by atoms with Crippen molar-refractivity contribution >= 4 is 7.12 Å². The Morgan fingerprint density at radius 3 is 2.44 bits per heavy atom. The van der Waals surface area contributed by atoms with Crippen LogP contribution in [0.15, 0.2) is 12.1 Å². The van der Waals surface area contributed by atoms with Crippen LogP contribution in [0.1, 0.15) is 0 Å². The van der Waals surface area contributed by atoms with Crippen molar-refractivity contribution in [2.75, 3.05) is 13.1 Å². The van der Waals surface area contributed by atoms with Crippen molar-refractivity contribution in [1.29, 1.82) is 0 Å². The van der Waals surface area contributed by atoms with Gasteiger partial charge in [0.15, 0.2) is 0 Å². The fourth-order valence-corrected chi connectivity index (χ4v) is 0.704. The Hall–Kier alpha value is -0.315. The van der Waals surface area contributed by atoms with Gasteiger partial charge < -0.3 is 15.4 Å². The monoisotopic (exact) mass is 127 g/mol. The minimum atomic E-state index is -1.29. The first-order chi connectivity index (χ1) is 4.29. The fourth-order valence-electron chi connectivity index (χ4n) is 0.704. The molecule has 0 amide bonds. The first kappa shape index (κ1) is 6.80. The summed E-state index contributed by atoms with van der Waals surface area (Å²) in [6.07, 6.45) is 1.82. The molecule has 1 rings (SSSR count). The zero-order chi connectivity index (χ0) is 6.69. The topological polar surface area (TPSA) is 52.5 Å². The van der Waals surface area contributed by atoms with E-state index < -0.39 is 7.12 Å². The van der Waals surface area contributed by atoms with Gasteiger partial charge in [-0.1, -0.05) is 12.1 Å². The molecule has 0 aromatic rings. The molecule has 0 radical (unpaired) electrons. The van der Waals surface area contributed by atoms with Crippen LogP contribution in [0.25, 0.3) is 0 Å². The van der Waals surface area contributed by atoms with Gasteiger partial charge in [0.25, 0.3) is 0 Å². The molecule has 4 heteroatoms. The first-order valence-electron chi connectivity index (χ1n) is 3.04. The van der Waals surface area contributed by atoms with Crippen LogP contribution in [0.2, 0.25) is 0 Å². The molecule has 0 bridgehead atoms. The smallest absolute Gasteiger partial charge is 0.424 e. The molecule has 1 aliphatic rings. The third-order valence-electron chi connectivity index (χ3n) is 1.37. The minimum Gasteiger partial charge on any atom is -0.424 e. The Morgan fingerprint density at radius 1 is 1.44 bits per heavy atom. The van der Waals surface area contributed by atoms with Gasteiger partial charge in [0, 0.05) is 19.0 Å². The molecule has 3 nitrogen and oxygen atoms in total. The second kappa shape index (κ2) is 3.01. The van der Waals surface area contributed by atoms with E-state index in [9.17, 15) is 0 Å². The molecule has 9 heavy (non-hydrogen) atoms. The minimum absolute atomic E-state index is 0.506. The zero-order valence-corrected chi connectivity index (χ0v) is 5.12. The summed E-state index contributed by atoms with van der Waals surface area (Å²) in [5, 5.41) is 19.8. The SMILES string of the molecule is OB(O)/C=C/C1CNC1. The molecule has 0 atom stereocenters. The van der Waals surface area contributed by atoms with Crippen LogP contribution in [0, 0.1) is 5.92 Å². The molecule has 1 aliphatic heterocycles. The quantitative estimate of drug-likeness (QED) is 0.407. The Labute approximate surface area is 54.5 Å². The maximum atomic E-state index is 8.37. The third kappa shape index (κ3) is 2.18. The van der Waals surface area contributed by atoms with E-state index in [2.05, 4.69) is 5.32 Å². The van der Waals surface area contributed by atoms with Gasteiger partial charge in [-0.05, 0) is 0 Å². The Kier molecular flexibility index (Phi) is 2.27. The number of hydrogen-bond donors (Lipinski definition) is 3. The first-order valence-corrected chi connectivity index (χ1v) is 3.04. The van der Waals surface area contributed by atoms with E-state index in [1.165, 1.54) is 5.98 Å². The summed E-state index contributed by atoms with van der Waals surface area (Å²) in [7, 11) is -1.29. The van der Waals surface area contributed by atoms with Crippen molar-refractivity contribution < 1.29 is 10.0 Å². The number of hydrogen-bond acceptors (Lipinski definition) is 3. The van der Waals surface area contributed by atoms with Crippen molar-refractivity contribution in [3.05, 3.63) is 12.1 Å². The van der Waals surface area contributed by atoms with Crippen LogP contribution in [0.3, 0.4) is 0 Å². The van der Waals surface area contributed by atoms with Crippen molar-refractivity contribution in [2.45, 2.75) is 0 Å². The maximum Gasteiger partial charge on any atom is 0.480 e. The summed E-state index contributed by atoms with van der Waals surface area (Å²) in [5.74, 6) is 1.90. The molecule has 0 aliphatic carbocycles. The van der Waals surface area contributed by atoms with Crippen LogP contribution in [0.5, 0.6) is 0 Å². The fraction of sp³-hybridized carbons (Fsp3) is 0.600. The van der Waals surface area contributed by atoms with Gasteiger partial charge in [-0.15, -0.1) is 0 Å². The highest BCUT2D eigenvalue weighted by Crippen LogP contribution is 2.03. The van der Waals surface area contributed by atoms with E-state index in [-0.39, 0.29) is 0 Å². The van der Waals surface area contributed by atoms with E-state index in [4.69, 9.17) is 10.0 Å². The van der Waals surface area contributed by atoms with E-state index >= 15 is 0 Å². The van der Waals surface area contributed by atoms with Gasteiger partial charge in [-0.25, -0.2) is 0 Å². The van der Waals surface area contributed by atoms with Gasteiger partial charge in [-0.3, -0.25) is 0 Å². The van der Waals surface area contributed by atoms with Crippen LogP contribution in [-0.2, 0) is 0 Å². The lowest BCUT2D eigenvalue weighted by atomic mass is 9.88. The number of nitrogens with one attached hydrogen (secondary N) is 1. The maximum absolute atomic E-state index is 8.37. The molecule has 50 valence electrons. The second-order valence-corrected chi connectivity index (χ2v) is 2.22. The standard InChI is InChI=1S/C5H10BNO2/c8-6(9)2-1-5-3-7-4-5/h1-2,5,7-9H,3-4H2/b2-1+. The lowest BCUT2D eigenvalue weighted by Crippen LogP contribution is -2.40. The average molecular weight is 127 g/mol. The van der Waals surface area contributed by atoms with Gasteiger partial charge in [-0.2, -0.15) is 0 Å². The van der Waals surface area contributed by atoms with E-state index in [1.807, 2.05) is 6.08 Å². The van der Waals surface area contributed by atoms with E-state index in [1.54, 1.807) is 0 Å². The van der Waals surface area contributed by atoms with E-state index in [0.29, 0.717) is 5.92 Å². The summed E-state index contributed by atoms with van der Waals surface area (Å²) >= 11 is 0. The number of rotatable bonds is 2. The normalized spacial score (nSPS) is 20.2. The molecule has 1 saturated heterocycles. The zero-order valence-electron chi connectivity index (χ0n) is 5.12. The van der Waals surface area contributed by atoms with Gasteiger partial charge in [0.05, 0.1) is 0 Å². The second-order valence-electron chi connectivity index (χ2n) is 2.22. The Balaban J connectivity index is 2.14. The van der Waals surface area contributed by atoms with Crippen molar-refractivity contribution in [2.24, 2.45) is 5.92 Å².